The highest BCUT2D eigenvalue weighted by Crippen LogP contribution is 2.21. The molecule has 0 spiro atoms. The quantitative estimate of drug-likeness (QED) is 0.779. The molecule has 0 bridgehead atoms. The van der Waals surface area contributed by atoms with Crippen LogP contribution >= 0.6 is 0 Å². The second-order valence-corrected chi connectivity index (χ2v) is 3.72. The molecule has 0 unspecified atom stereocenters. The van der Waals surface area contributed by atoms with E-state index in [0.29, 0.717) is 11.4 Å². The van der Waals surface area contributed by atoms with E-state index in [0.717, 1.165) is 6.07 Å². The maximum Gasteiger partial charge on any atom is 0.216 e. The predicted octanol–water partition coefficient (Wildman–Crippen LogP) is 2.16. The van der Waals surface area contributed by atoms with Gasteiger partial charge in [-0.3, -0.25) is 9.78 Å². The van der Waals surface area contributed by atoms with Crippen molar-refractivity contribution in [3.8, 4) is 5.75 Å². The standard InChI is InChI=1S/C13H11FN2O2/c1-8-6-16-11(7-15-8)13(17)10-5-9(14)3-4-12(10)18-2/h3-7H,1-2H3. The van der Waals surface area contributed by atoms with Crippen molar-refractivity contribution in [2.45, 2.75) is 6.92 Å². The predicted molar refractivity (Wildman–Crippen MR) is 63.2 cm³/mol. The van der Waals surface area contributed by atoms with Crippen molar-refractivity contribution < 1.29 is 13.9 Å². The van der Waals surface area contributed by atoms with Crippen LogP contribution in [0.2, 0.25) is 0 Å². The van der Waals surface area contributed by atoms with Crippen LogP contribution < -0.4 is 4.74 Å². The molecule has 0 aliphatic carbocycles. The van der Waals surface area contributed by atoms with Gasteiger partial charge in [0.1, 0.15) is 17.3 Å². The summed E-state index contributed by atoms with van der Waals surface area (Å²) in [6, 6.07) is 3.77. The zero-order valence-corrected chi connectivity index (χ0v) is 9.98. The van der Waals surface area contributed by atoms with Gasteiger partial charge < -0.3 is 4.74 Å². The Balaban J connectivity index is 2.45. The molecular formula is C13H11FN2O2. The van der Waals surface area contributed by atoms with E-state index >= 15 is 0 Å². The van der Waals surface area contributed by atoms with Gasteiger partial charge in [-0.05, 0) is 25.1 Å². The van der Waals surface area contributed by atoms with E-state index in [1.807, 2.05) is 0 Å². The molecule has 0 saturated carbocycles. The molecular weight excluding hydrogens is 235 g/mol. The summed E-state index contributed by atoms with van der Waals surface area (Å²) in [7, 11) is 1.42. The Morgan fingerprint density at radius 3 is 2.67 bits per heavy atom. The number of benzene rings is 1. The summed E-state index contributed by atoms with van der Waals surface area (Å²) in [4.78, 5) is 20.1. The maximum absolute atomic E-state index is 13.2. The minimum Gasteiger partial charge on any atom is -0.496 e. The number of carbonyl (C=O) groups is 1. The highest BCUT2D eigenvalue weighted by Gasteiger charge is 2.16. The molecule has 4 nitrogen and oxygen atoms in total. The molecule has 5 heteroatoms. The lowest BCUT2D eigenvalue weighted by atomic mass is 10.1. The third-order valence-corrected chi connectivity index (χ3v) is 2.42. The van der Waals surface area contributed by atoms with E-state index in [9.17, 15) is 9.18 Å². The summed E-state index contributed by atoms with van der Waals surface area (Å²) in [5, 5.41) is 0. The second kappa shape index (κ2) is 4.91. The topological polar surface area (TPSA) is 52.1 Å². The zero-order valence-electron chi connectivity index (χ0n) is 9.98. The summed E-state index contributed by atoms with van der Waals surface area (Å²) in [5.41, 5.74) is 0.998. The van der Waals surface area contributed by atoms with Crippen molar-refractivity contribution in [2.75, 3.05) is 7.11 Å². The summed E-state index contributed by atoms with van der Waals surface area (Å²) in [6.07, 6.45) is 2.85. The Kier molecular flexibility index (Phi) is 3.32. The van der Waals surface area contributed by atoms with E-state index in [1.165, 1.54) is 31.6 Å². The lowest BCUT2D eigenvalue weighted by Crippen LogP contribution is -2.07. The number of halogens is 1. The van der Waals surface area contributed by atoms with Gasteiger partial charge in [-0.1, -0.05) is 0 Å². The van der Waals surface area contributed by atoms with E-state index in [-0.39, 0.29) is 11.3 Å². The molecule has 1 aromatic carbocycles. The first kappa shape index (κ1) is 12.2. The normalized spacial score (nSPS) is 10.2. The summed E-state index contributed by atoms with van der Waals surface area (Å²) in [5.74, 6) is -0.609. The number of aromatic nitrogens is 2. The monoisotopic (exact) mass is 246 g/mol. The fourth-order valence-corrected chi connectivity index (χ4v) is 1.51. The molecule has 0 fully saturated rings. The SMILES string of the molecule is COc1ccc(F)cc1C(=O)c1cnc(C)cn1. The molecule has 0 radical (unpaired) electrons. The molecule has 0 aliphatic rings. The lowest BCUT2D eigenvalue weighted by molar-refractivity contribution is 0.103. The highest BCUT2D eigenvalue weighted by atomic mass is 19.1. The van der Waals surface area contributed by atoms with Crippen molar-refractivity contribution in [2.24, 2.45) is 0 Å². The molecule has 0 N–H and O–H groups in total. The molecule has 2 rings (SSSR count). The van der Waals surface area contributed by atoms with E-state index in [1.54, 1.807) is 6.92 Å². The number of aryl methyl sites for hydroxylation is 1. The first-order chi connectivity index (χ1) is 8.61. The number of rotatable bonds is 3. The van der Waals surface area contributed by atoms with Crippen LogP contribution in [0.15, 0.2) is 30.6 Å². The van der Waals surface area contributed by atoms with Crippen LogP contribution in [0.3, 0.4) is 0 Å². The van der Waals surface area contributed by atoms with Gasteiger partial charge in [-0.25, -0.2) is 9.37 Å². The Hall–Kier alpha value is -2.30. The van der Waals surface area contributed by atoms with Crippen LogP contribution in [0, 0.1) is 12.7 Å². The maximum atomic E-state index is 13.2. The number of hydrogen-bond donors (Lipinski definition) is 0. The van der Waals surface area contributed by atoms with Crippen LogP contribution in [0.5, 0.6) is 5.75 Å². The second-order valence-electron chi connectivity index (χ2n) is 3.72. The van der Waals surface area contributed by atoms with Crippen molar-refractivity contribution in [1.29, 1.82) is 0 Å². The molecule has 0 amide bonds. The third-order valence-electron chi connectivity index (χ3n) is 2.42. The summed E-state index contributed by atoms with van der Waals surface area (Å²) in [6.45, 7) is 1.77. The summed E-state index contributed by atoms with van der Waals surface area (Å²) < 4.78 is 18.2. The average Bonchev–Trinajstić information content (AvgIpc) is 2.39. The minimum atomic E-state index is -0.501. The number of hydrogen-bond acceptors (Lipinski definition) is 4. The van der Waals surface area contributed by atoms with Gasteiger partial charge in [0.05, 0.1) is 24.6 Å². The molecule has 0 aliphatic heterocycles. The fraction of sp³-hybridized carbons (Fsp3) is 0.154. The zero-order chi connectivity index (χ0) is 13.1. The first-order valence-electron chi connectivity index (χ1n) is 5.28. The van der Waals surface area contributed by atoms with Crippen LogP contribution in [0.25, 0.3) is 0 Å². The minimum absolute atomic E-state index is 0.135. The Morgan fingerprint density at radius 2 is 2.06 bits per heavy atom. The van der Waals surface area contributed by atoms with E-state index in [4.69, 9.17) is 4.74 Å². The molecule has 1 heterocycles. The van der Waals surface area contributed by atoms with Crippen molar-refractivity contribution in [3.05, 3.63) is 53.4 Å². The van der Waals surface area contributed by atoms with Crippen molar-refractivity contribution >= 4 is 5.78 Å². The van der Waals surface area contributed by atoms with Crippen LogP contribution in [0.1, 0.15) is 21.7 Å². The lowest BCUT2D eigenvalue weighted by Gasteiger charge is -2.07. The van der Waals surface area contributed by atoms with Crippen molar-refractivity contribution in [1.82, 2.24) is 9.97 Å². The molecule has 18 heavy (non-hydrogen) atoms. The fourth-order valence-electron chi connectivity index (χ4n) is 1.51. The van der Waals surface area contributed by atoms with Gasteiger partial charge in [0, 0.05) is 6.20 Å². The number of methoxy groups -OCH3 is 1. The summed E-state index contributed by atoms with van der Waals surface area (Å²) >= 11 is 0. The molecule has 0 saturated heterocycles. The third kappa shape index (κ3) is 2.34. The van der Waals surface area contributed by atoms with Crippen molar-refractivity contribution in [3.63, 3.8) is 0 Å². The van der Waals surface area contributed by atoms with Gasteiger partial charge in [0.15, 0.2) is 0 Å². The average molecular weight is 246 g/mol. The molecule has 92 valence electrons. The van der Waals surface area contributed by atoms with Gasteiger partial charge in [-0.2, -0.15) is 0 Å². The Morgan fingerprint density at radius 1 is 1.28 bits per heavy atom. The van der Waals surface area contributed by atoms with E-state index < -0.39 is 11.6 Å². The number of nitrogens with zero attached hydrogens (tertiary/aromatic N) is 2. The van der Waals surface area contributed by atoms with Gasteiger partial charge >= 0.3 is 0 Å². The number of carbonyl (C=O) groups excluding carboxylic acids is 1. The van der Waals surface area contributed by atoms with Crippen LogP contribution in [-0.2, 0) is 0 Å². The van der Waals surface area contributed by atoms with Crippen LogP contribution in [0.4, 0.5) is 4.39 Å². The van der Waals surface area contributed by atoms with Gasteiger partial charge in [-0.15, -0.1) is 0 Å². The Bertz CT molecular complexity index is 582. The molecule has 2 aromatic rings. The van der Waals surface area contributed by atoms with Crippen LogP contribution in [-0.4, -0.2) is 22.9 Å². The largest absolute Gasteiger partial charge is 0.496 e. The molecule has 1 aromatic heterocycles. The van der Waals surface area contributed by atoms with E-state index in [2.05, 4.69) is 9.97 Å². The molecule has 0 atom stereocenters. The number of ether oxygens (including phenoxy) is 1. The smallest absolute Gasteiger partial charge is 0.216 e. The van der Waals surface area contributed by atoms with Gasteiger partial charge in [0.2, 0.25) is 5.78 Å². The first-order valence-corrected chi connectivity index (χ1v) is 5.28. The Labute approximate surface area is 103 Å². The van der Waals surface area contributed by atoms with Gasteiger partial charge in [0.25, 0.3) is 0 Å². The highest BCUT2D eigenvalue weighted by molar-refractivity contribution is 6.09. The number of ketones is 1.